The number of hydrogen-bond acceptors (Lipinski definition) is 5. The summed E-state index contributed by atoms with van der Waals surface area (Å²) in [4.78, 5) is 25.8. The first kappa shape index (κ1) is 19.4. The van der Waals surface area contributed by atoms with E-state index in [0.29, 0.717) is 23.6 Å². The van der Waals surface area contributed by atoms with Crippen LogP contribution in [0.15, 0.2) is 6.20 Å². The number of nitrogens with zero attached hydrogens (tertiary/aromatic N) is 4. The largest absolute Gasteiger partial charge is 0.351 e. The lowest BCUT2D eigenvalue weighted by Gasteiger charge is -2.33. The van der Waals surface area contributed by atoms with Gasteiger partial charge in [0.05, 0.1) is 11.2 Å². The van der Waals surface area contributed by atoms with Crippen molar-refractivity contribution in [3.8, 4) is 0 Å². The Balaban J connectivity index is 1.43. The number of carbonyl (C=O) groups is 1. The maximum Gasteiger partial charge on any atom is 0.271 e. The molecule has 26 heavy (non-hydrogen) atoms. The van der Waals surface area contributed by atoms with Crippen LogP contribution < -0.4 is 10.2 Å². The van der Waals surface area contributed by atoms with Crippen molar-refractivity contribution in [3.63, 3.8) is 0 Å². The van der Waals surface area contributed by atoms with E-state index in [1.165, 1.54) is 32.0 Å². The summed E-state index contributed by atoms with van der Waals surface area (Å²) >= 11 is 6.14. The summed E-state index contributed by atoms with van der Waals surface area (Å²) in [6.07, 6.45) is 9.86. The van der Waals surface area contributed by atoms with Crippen molar-refractivity contribution in [3.05, 3.63) is 16.9 Å². The number of amides is 1. The number of halogens is 1. The molecule has 0 bridgehead atoms. The number of hydrogen-bond donors (Lipinski definition) is 1. The molecule has 0 aromatic carbocycles. The highest BCUT2D eigenvalue weighted by Gasteiger charge is 2.20. The minimum absolute atomic E-state index is 0.204. The molecule has 1 N–H and O–H groups in total. The normalized spacial score (nSPS) is 21.2. The average Bonchev–Trinajstić information content (AvgIpc) is 3.18. The van der Waals surface area contributed by atoms with Gasteiger partial charge in [-0.05, 0) is 58.5 Å². The van der Waals surface area contributed by atoms with Crippen molar-refractivity contribution in [1.82, 2.24) is 20.2 Å². The van der Waals surface area contributed by atoms with Gasteiger partial charge in [-0.2, -0.15) is 0 Å². The Bertz CT molecular complexity index is 606. The highest BCUT2D eigenvalue weighted by atomic mass is 35.5. The van der Waals surface area contributed by atoms with Gasteiger partial charge in [0.25, 0.3) is 5.91 Å². The third-order valence-electron chi connectivity index (χ3n) is 5.43. The van der Waals surface area contributed by atoms with E-state index in [4.69, 9.17) is 11.6 Å². The predicted molar refractivity (Wildman–Crippen MR) is 105 cm³/mol. The van der Waals surface area contributed by atoms with Gasteiger partial charge in [0.1, 0.15) is 0 Å². The third kappa shape index (κ3) is 5.07. The molecule has 1 atom stereocenters. The summed E-state index contributed by atoms with van der Waals surface area (Å²) in [6.45, 7) is 7.18. The summed E-state index contributed by atoms with van der Waals surface area (Å²) in [6, 6.07) is 0.696. The Morgan fingerprint density at radius 2 is 2.00 bits per heavy atom. The highest BCUT2D eigenvalue weighted by molar-refractivity contribution is 6.33. The first-order valence-corrected chi connectivity index (χ1v) is 10.3. The van der Waals surface area contributed by atoms with E-state index in [9.17, 15) is 4.79 Å². The van der Waals surface area contributed by atoms with E-state index < -0.39 is 0 Å². The second-order valence-electron chi connectivity index (χ2n) is 7.40. The number of nitrogens with one attached hydrogen (secondary N) is 1. The van der Waals surface area contributed by atoms with Crippen LogP contribution in [0.5, 0.6) is 0 Å². The van der Waals surface area contributed by atoms with Crippen LogP contribution in [0.2, 0.25) is 5.02 Å². The van der Waals surface area contributed by atoms with Gasteiger partial charge in [-0.1, -0.05) is 18.0 Å². The molecule has 0 radical (unpaired) electrons. The van der Waals surface area contributed by atoms with Crippen LogP contribution in [0.25, 0.3) is 0 Å². The lowest BCUT2D eigenvalue weighted by atomic mass is 10.0. The Morgan fingerprint density at radius 3 is 2.77 bits per heavy atom. The van der Waals surface area contributed by atoms with Crippen LogP contribution in [0.1, 0.15) is 62.4 Å². The molecule has 2 saturated heterocycles. The third-order valence-corrected chi connectivity index (χ3v) is 5.71. The number of aromatic nitrogens is 2. The lowest BCUT2D eigenvalue weighted by Crippen LogP contribution is -2.38. The maximum absolute atomic E-state index is 12.4. The predicted octanol–water partition coefficient (Wildman–Crippen LogP) is 3.11. The fourth-order valence-corrected chi connectivity index (χ4v) is 3.98. The van der Waals surface area contributed by atoms with Gasteiger partial charge in [0, 0.05) is 25.7 Å². The van der Waals surface area contributed by atoms with Crippen molar-refractivity contribution < 1.29 is 4.79 Å². The molecule has 0 spiro atoms. The van der Waals surface area contributed by atoms with E-state index in [2.05, 4.69) is 32.0 Å². The molecular formula is C19H30ClN5O. The highest BCUT2D eigenvalue weighted by Crippen LogP contribution is 2.20. The summed E-state index contributed by atoms with van der Waals surface area (Å²) in [5.41, 5.74) is 0.285. The molecule has 2 aliphatic heterocycles. The number of carbonyl (C=O) groups excluding carboxylic acids is 1. The minimum atomic E-state index is -0.204. The molecule has 7 heteroatoms. The van der Waals surface area contributed by atoms with Gasteiger partial charge < -0.3 is 15.1 Å². The summed E-state index contributed by atoms with van der Waals surface area (Å²) in [7, 11) is 0. The first-order chi connectivity index (χ1) is 12.6. The lowest BCUT2D eigenvalue weighted by molar-refractivity contribution is 0.0946. The van der Waals surface area contributed by atoms with Crippen LogP contribution in [-0.2, 0) is 0 Å². The van der Waals surface area contributed by atoms with Gasteiger partial charge in [0.15, 0.2) is 5.69 Å². The Morgan fingerprint density at radius 1 is 1.23 bits per heavy atom. The second kappa shape index (κ2) is 9.51. The zero-order valence-electron chi connectivity index (χ0n) is 15.7. The zero-order valence-corrected chi connectivity index (χ0v) is 16.5. The van der Waals surface area contributed by atoms with Crippen LogP contribution in [-0.4, -0.2) is 59.5 Å². The molecule has 0 unspecified atom stereocenters. The number of piperidine rings is 1. The van der Waals surface area contributed by atoms with Crippen LogP contribution in [0.4, 0.5) is 5.95 Å². The molecule has 0 aliphatic carbocycles. The molecule has 2 aliphatic rings. The van der Waals surface area contributed by atoms with Crippen LogP contribution in [0.3, 0.4) is 0 Å². The Hall–Kier alpha value is -1.40. The molecule has 2 fully saturated rings. The smallest absolute Gasteiger partial charge is 0.271 e. The molecule has 144 valence electrons. The molecule has 3 heterocycles. The molecule has 6 nitrogen and oxygen atoms in total. The Labute approximate surface area is 161 Å². The van der Waals surface area contributed by atoms with Gasteiger partial charge in [-0.15, -0.1) is 0 Å². The zero-order chi connectivity index (χ0) is 18.4. The van der Waals surface area contributed by atoms with E-state index in [0.717, 1.165) is 45.3 Å². The summed E-state index contributed by atoms with van der Waals surface area (Å²) in [5.74, 6) is 0.403. The SMILES string of the molecule is C[C@H]1CCCCN1CCCCNC(=O)c1nc(N2CCCC2)ncc1Cl. The van der Waals surface area contributed by atoms with Crippen molar-refractivity contribution in [2.45, 2.75) is 57.9 Å². The molecule has 3 rings (SSSR count). The van der Waals surface area contributed by atoms with Crippen LogP contribution >= 0.6 is 11.6 Å². The van der Waals surface area contributed by atoms with Gasteiger partial charge >= 0.3 is 0 Å². The molecule has 0 saturated carbocycles. The first-order valence-electron chi connectivity index (χ1n) is 9.95. The van der Waals surface area contributed by atoms with E-state index in [-0.39, 0.29) is 11.6 Å². The second-order valence-corrected chi connectivity index (χ2v) is 7.81. The van der Waals surface area contributed by atoms with Crippen molar-refractivity contribution in [2.24, 2.45) is 0 Å². The number of likely N-dealkylation sites (tertiary alicyclic amines) is 1. The van der Waals surface area contributed by atoms with E-state index in [1.54, 1.807) is 0 Å². The fraction of sp³-hybridized carbons (Fsp3) is 0.737. The van der Waals surface area contributed by atoms with Crippen molar-refractivity contribution >= 4 is 23.5 Å². The molecule has 1 amide bonds. The summed E-state index contributed by atoms with van der Waals surface area (Å²) < 4.78 is 0. The number of rotatable bonds is 7. The van der Waals surface area contributed by atoms with Gasteiger partial charge in [-0.25, -0.2) is 9.97 Å². The van der Waals surface area contributed by atoms with Crippen molar-refractivity contribution in [2.75, 3.05) is 37.6 Å². The molecular weight excluding hydrogens is 350 g/mol. The number of unbranched alkanes of at least 4 members (excludes halogenated alkanes) is 1. The summed E-state index contributed by atoms with van der Waals surface area (Å²) in [5, 5.41) is 3.27. The van der Waals surface area contributed by atoms with Gasteiger partial charge in [0.2, 0.25) is 5.95 Å². The molecule has 1 aromatic heterocycles. The van der Waals surface area contributed by atoms with Crippen molar-refractivity contribution in [1.29, 1.82) is 0 Å². The van der Waals surface area contributed by atoms with Crippen LogP contribution in [0, 0.1) is 0 Å². The topological polar surface area (TPSA) is 61.4 Å². The Kier molecular flexibility index (Phi) is 7.08. The standard InChI is InChI=1S/C19H30ClN5O/c1-15-8-2-4-10-24(15)11-5-3-9-21-18(26)17-16(20)14-22-19(23-17)25-12-6-7-13-25/h14-15H,2-13H2,1H3,(H,21,26)/t15-/m0/s1. The maximum atomic E-state index is 12.4. The average molecular weight is 380 g/mol. The monoisotopic (exact) mass is 379 g/mol. The minimum Gasteiger partial charge on any atom is -0.351 e. The number of anilines is 1. The fourth-order valence-electron chi connectivity index (χ4n) is 3.80. The van der Waals surface area contributed by atoms with Gasteiger partial charge in [-0.3, -0.25) is 4.79 Å². The molecule has 1 aromatic rings. The quantitative estimate of drug-likeness (QED) is 0.737. The van der Waals surface area contributed by atoms with E-state index in [1.807, 2.05) is 0 Å². The van der Waals surface area contributed by atoms with E-state index >= 15 is 0 Å².